The molecule has 0 aliphatic heterocycles. The minimum absolute atomic E-state index is 0.00186. The van der Waals surface area contributed by atoms with Crippen LogP contribution in [-0.4, -0.2) is 46.1 Å². The number of carbonyl (C=O) groups excluding carboxylic acids is 1. The summed E-state index contributed by atoms with van der Waals surface area (Å²) >= 11 is 6.05. The summed E-state index contributed by atoms with van der Waals surface area (Å²) < 4.78 is 33.8. The van der Waals surface area contributed by atoms with E-state index in [1.165, 1.54) is 13.2 Å². The first-order valence-electron chi connectivity index (χ1n) is 11.6. The number of nitrogens with one attached hydrogen (secondary N) is 2. The molecule has 1 heterocycles. The number of ether oxygens (including phenoxy) is 1. The highest BCUT2D eigenvalue weighted by atomic mass is 35.5. The van der Waals surface area contributed by atoms with Crippen LogP contribution in [-0.2, 0) is 14.8 Å². The molecule has 0 aliphatic rings. The van der Waals surface area contributed by atoms with Gasteiger partial charge in [0.15, 0.2) is 0 Å². The number of methoxy groups -OCH3 is 1. The quantitative estimate of drug-likeness (QED) is 0.286. The minimum atomic E-state index is -4.10. The lowest BCUT2D eigenvalue weighted by molar-refractivity contribution is -0.119. The van der Waals surface area contributed by atoms with Crippen LogP contribution in [0.4, 0.5) is 11.4 Å². The van der Waals surface area contributed by atoms with Crippen LogP contribution in [0.2, 0.25) is 5.02 Å². The van der Waals surface area contributed by atoms with Crippen LogP contribution in [0.1, 0.15) is 5.56 Å². The fraction of sp³-hybridized carbons (Fsp3) is 0.185. The molecule has 0 spiro atoms. The number of aryl methyl sites for hydroxylation is 1. The number of carbonyl (C=O) groups is 1. The lowest BCUT2D eigenvalue weighted by atomic mass is 10.2. The zero-order chi connectivity index (χ0) is 26.4. The van der Waals surface area contributed by atoms with E-state index < -0.39 is 15.9 Å². The molecule has 0 bridgehead atoms. The van der Waals surface area contributed by atoms with E-state index in [1.807, 2.05) is 12.1 Å². The van der Waals surface area contributed by atoms with Gasteiger partial charge in [0, 0.05) is 35.4 Å². The smallest absolute Gasteiger partial charge is 0.268 e. The number of pyridine rings is 1. The molecule has 3 aromatic carbocycles. The monoisotopic (exact) mass is 538 g/mol. The van der Waals surface area contributed by atoms with Gasteiger partial charge in [-0.2, -0.15) is 0 Å². The van der Waals surface area contributed by atoms with Crippen LogP contribution < -0.4 is 19.7 Å². The molecule has 2 N–H and O–H groups in total. The number of benzene rings is 3. The number of para-hydroxylation sites is 1. The van der Waals surface area contributed by atoms with E-state index in [-0.39, 0.29) is 23.7 Å². The number of rotatable bonds is 10. The van der Waals surface area contributed by atoms with E-state index >= 15 is 0 Å². The van der Waals surface area contributed by atoms with E-state index in [9.17, 15) is 13.2 Å². The Kier molecular flexibility index (Phi) is 8.15. The molecule has 0 unspecified atom stereocenters. The first-order valence-corrected chi connectivity index (χ1v) is 13.4. The largest absolute Gasteiger partial charge is 0.495 e. The summed E-state index contributed by atoms with van der Waals surface area (Å²) in [7, 11) is -2.69. The number of fused-ring (bicyclic) bond motifs is 1. The summed E-state index contributed by atoms with van der Waals surface area (Å²) in [6, 6.07) is 20.7. The molecule has 0 aliphatic carbocycles. The Morgan fingerprint density at radius 2 is 1.81 bits per heavy atom. The molecule has 0 saturated heterocycles. The van der Waals surface area contributed by atoms with Gasteiger partial charge in [-0.25, -0.2) is 8.42 Å². The predicted molar refractivity (Wildman–Crippen MR) is 147 cm³/mol. The van der Waals surface area contributed by atoms with Crippen molar-refractivity contribution in [3.63, 3.8) is 0 Å². The van der Waals surface area contributed by atoms with Gasteiger partial charge in [0.25, 0.3) is 10.0 Å². The molecule has 10 heteroatoms. The van der Waals surface area contributed by atoms with Gasteiger partial charge in [-0.1, -0.05) is 35.9 Å². The van der Waals surface area contributed by atoms with Crippen LogP contribution in [0.15, 0.2) is 83.9 Å². The minimum Gasteiger partial charge on any atom is -0.495 e. The molecular formula is C27H27ClN4O4S. The topological polar surface area (TPSA) is 101 Å². The highest BCUT2D eigenvalue weighted by molar-refractivity contribution is 7.93. The third-order valence-corrected chi connectivity index (χ3v) is 7.72. The number of aromatic nitrogens is 1. The van der Waals surface area contributed by atoms with Gasteiger partial charge < -0.3 is 15.4 Å². The van der Waals surface area contributed by atoms with Crippen LogP contribution in [0.3, 0.4) is 0 Å². The maximum Gasteiger partial charge on any atom is 0.268 e. The van der Waals surface area contributed by atoms with Crippen molar-refractivity contribution in [3.8, 4) is 5.75 Å². The molecule has 4 aromatic rings. The fourth-order valence-corrected chi connectivity index (χ4v) is 5.71. The maximum atomic E-state index is 13.7. The molecule has 0 radical (unpaired) electrons. The summed E-state index contributed by atoms with van der Waals surface area (Å²) in [5.41, 5.74) is 2.75. The van der Waals surface area contributed by atoms with Crippen molar-refractivity contribution in [2.24, 2.45) is 0 Å². The van der Waals surface area contributed by atoms with Crippen molar-refractivity contribution in [1.29, 1.82) is 0 Å². The van der Waals surface area contributed by atoms with Gasteiger partial charge in [0.2, 0.25) is 5.91 Å². The summed E-state index contributed by atoms with van der Waals surface area (Å²) in [5, 5.41) is 7.59. The Labute approximate surface area is 221 Å². The molecule has 4 rings (SSSR count). The fourth-order valence-electron chi connectivity index (χ4n) is 3.87. The summed E-state index contributed by atoms with van der Waals surface area (Å²) in [5.74, 6) is -0.228. The van der Waals surface area contributed by atoms with E-state index in [1.54, 1.807) is 67.7 Å². The average Bonchev–Trinajstić information content (AvgIpc) is 2.90. The SMILES string of the molecule is COc1ccc(C)cc1S(=O)(=O)N(CC(=O)NCCNc1ccnc2cc(Cl)ccc12)c1ccccc1. The number of halogens is 1. The van der Waals surface area contributed by atoms with Crippen molar-refractivity contribution < 1.29 is 17.9 Å². The first-order chi connectivity index (χ1) is 17.8. The third-order valence-electron chi connectivity index (χ3n) is 5.69. The van der Waals surface area contributed by atoms with Crippen LogP contribution in [0.25, 0.3) is 10.9 Å². The Morgan fingerprint density at radius 3 is 2.57 bits per heavy atom. The van der Waals surface area contributed by atoms with Gasteiger partial charge in [0.05, 0.1) is 18.3 Å². The highest BCUT2D eigenvalue weighted by Gasteiger charge is 2.30. The van der Waals surface area contributed by atoms with Gasteiger partial charge in [-0.3, -0.25) is 14.1 Å². The summed E-state index contributed by atoms with van der Waals surface area (Å²) in [4.78, 5) is 17.2. The number of hydrogen-bond acceptors (Lipinski definition) is 6. The molecule has 0 atom stereocenters. The zero-order valence-corrected chi connectivity index (χ0v) is 22.0. The van der Waals surface area contributed by atoms with E-state index in [0.717, 1.165) is 26.5 Å². The Morgan fingerprint density at radius 1 is 1.03 bits per heavy atom. The average molecular weight is 539 g/mol. The van der Waals surface area contributed by atoms with Gasteiger partial charge in [0.1, 0.15) is 17.2 Å². The Bertz CT molecular complexity index is 1510. The van der Waals surface area contributed by atoms with Gasteiger partial charge >= 0.3 is 0 Å². The Balaban J connectivity index is 1.47. The second kappa shape index (κ2) is 11.5. The molecule has 0 saturated carbocycles. The second-order valence-electron chi connectivity index (χ2n) is 8.30. The summed E-state index contributed by atoms with van der Waals surface area (Å²) in [6.45, 7) is 2.12. The van der Waals surface area contributed by atoms with Crippen molar-refractivity contribution in [2.45, 2.75) is 11.8 Å². The maximum absolute atomic E-state index is 13.7. The number of hydrogen-bond donors (Lipinski definition) is 2. The summed E-state index contributed by atoms with van der Waals surface area (Å²) in [6.07, 6.45) is 1.68. The standard InChI is InChI=1S/C27H27ClN4O4S/c1-19-8-11-25(36-2)26(16-19)37(34,35)32(21-6-4-3-5-7-21)18-27(33)31-15-14-30-23-12-13-29-24-17-20(28)9-10-22(23)24/h3-13,16-17H,14-15,18H2,1-2H3,(H,29,30)(H,31,33). The molecule has 1 aromatic heterocycles. The van der Waals surface area contributed by atoms with E-state index in [4.69, 9.17) is 16.3 Å². The molecule has 1 amide bonds. The number of amides is 1. The molecular weight excluding hydrogens is 512 g/mol. The molecule has 192 valence electrons. The van der Waals surface area contributed by atoms with Crippen molar-refractivity contribution in [2.75, 3.05) is 36.4 Å². The number of anilines is 2. The number of nitrogens with zero attached hydrogens (tertiary/aromatic N) is 2. The van der Waals surface area contributed by atoms with Gasteiger partial charge in [-0.15, -0.1) is 0 Å². The normalized spacial score (nSPS) is 11.2. The lowest BCUT2D eigenvalue weighted by Gasteiger charge is -2.25. The first kappa shape index (κ1) is 26.2. The van der Waals surface area contributed by atoms with Crippen molar-refractivity contribution >= 4 is 49.8 Å². The van der Waals surface area contributed by atoms with Crippen molar-refractivity contribution in [1.82, 2.24) is 10.3 Å². The lowest BCUT2D eigenvalue weighted by Crippen LogP contribution is -2.42. The van der Waals surface area contributed by atoms with Gasteiger partial charge in [-0.05, 0) is 61.0 Å². The third kappa shape index (κ3) is 6.12. The van der Waals surface area contributed by atoms with Crippen LogP contribution in [0, 0.1) is 6.92 Å². The number of sulfonamides is 1. The second-order valence-corrected chi connectivity index (χ2v) is 10.6. The van der Waals surface area contributed by atoms with Crippen LogP contribution >= 0.6 is 11.6 Å². The molecule has 0 fully saturated rings. The van der Waals surface area contributed by atoms with Crippen LogP contribution in [0.5, 0.6) is 5.75 Å². The van der Waals surface area contributed by atoms with Crippen molar-refractivity contribution in [3.05, 3.63) is 89.6 Å². The predicted octanol–water partition coefficient (Wildman–Crippen LogP) is 4.63. The Hall–Kier alpha value is -3.82. The van der Waals surface area contributed by atoms with E-state index in [0.29, 0.717) is 17.3 Å². The zero-order valence-electron chi connectivity index (χ0n) is 20.4. The molecule has 8 nitrogen and oxygen atoms in total. The van der Waals surface area contributed by atoms with E-state index in [2.05, 4.69) is 15.6 Å². The highest BCUT2D eigenvalue weighted by Crippen LogP contribution is 2.30. The molecule has 37 heavy (non-hydrogen) atoms.